The molecule has 1 aromatic rings. The van der Waals surface area contributed by atoms with E-state index in [2.05, 4.69) is 0 Å². The maximum absolute atomic E-state index is 11.5. The van der Waals surface area contributed by atoms with Crippen molar-refractivity contribution >= 4 is 11.6 Å². The molecule has 2 rings (SSSR count). The summed E-state index contributed by atoms with van der Waals surface area (Å²) >= 11 is 0. The van der Waals surface area contributed by atoms with Crippen LogP contribution in [0.4, 0.5) is 5.69 Å². The fourth-order valence-corrected chi connectivity index (χ4v) is 1.78. The smallest absolute Gasteiger partial charge is 0.227 e. The first-order chi connectivity index (χ1) is 7.81. The van der Waals surface area contributed by atoms with E-state index in [9.17, 15) is 4.79 Å². The molecule has 0 spiro atoms. The quantitative estimate of drug-likeness (QED) is 0.773. The summed E-state index contributed by atoms with van der Waals surface area (Å²) in [5.41, 5.74) is 0.845. The fraction of sp³-hybridized carbons (Fsp3) is 0.333. The van der Waals surface area contributed by atoms with Crippen molar-refractivity contribution in [2.75, 3.05) is 18.1 Å². The number of hydrogen-bond donors (Lipinski definition) is 0. The average molecular weight is 216 g/mol. The first-order valence-corrected chi connectivity index (χ1v) is 5.21. The van der Waals surface area contributed by atoms with E-state index in [1.165, 1.54) is 0 Å². The molecule has 0 atom stereocenters. The molecule has 0 N–H and O–H groups in total. The van der Waals surface area contributed by atoms with Crippen LogP contribution >= 0.6 is 0 Å². The summed E-state index contributed by atoms with van der Waals surface area (Å²) in [6.45, 7) is 0.790. The molecule has 0 bridgehead atoms. The predicted octanol–water partition coefficient (Wildman–Crippen LogP) is 1.72. The highest BCUT2D eigenvalue weighted by molar-refractivity contribution is 5.95. The second kappa shape index (κ2) is 4.67. The lowest BCUT2D eigenvalue weighted by molar-refractivity contribution is -0.117. The minimum Gasteiger partial charge on any atom is -0.479 e. The summed E-state index contributed by atoms with van der Waals surface area (Å²) in [4.78, 5) is 13.3. The van der Waals surface area contributed by atoms with E-state index >= 15 is 0 Å². The van der Waals surface area contributed by atoms with Crippen molar-refractivity contribution in [1.29, 1.82) is 5.26 Å². The summed E-state index contributed by atoms with van der Waals surface area (Å²) < 4.78 is 5.19. The fourth-order valence-electron chi connectivity index (χ4n) is 1.78. The molecular formula is C12H12N2O2. The number of nitriles is 1. The van der Waals surface area contributed by atoms with Gasteiger partial charge in [-0.25, -0.2) is 0 Å². The molecule has 0 aromatic heterocycles. The van der Waals surface area contributed by atoms with Gasteiger partial charge >= 0.3 is 0 Å². The van der Waals surface area contributed by atoms with Crippen molar-refractivity contribution in [2.45, 2.75) is 12.8 Å². The molecule has 0 saturated carbocycles. The third-order valence-electron chi connectivity index (χ3n) is 2.51. The minimum absolute atomic E-state index is 0.0252. The first kappa shape index (κ1) is 10.5. The van der Waals surface area contributed by atoms with E-state index in [4.69, 9.17) is 10.00 Å². The molecule has 4 heteroatoms. The average Bonchev–Trinajstić information content (AvgIpc) is 2.73. The van der Waals surface area contributed by atoms with Crippen molar-refractivity contribution in [1.82, 2.24) is 0 Å². The number of ether oxygens (including phenoxy) is 1. The van der Waals surface area contributed by atoms with Crippen molar-refractivity contribution in [3.8, 4) is 11.8 Å². The lowest BCUT2D eigenvalue weighted by atomic mass is 10.3. The number of anilines is 1. The Bertz CT molecular complexity index is 437. The topological polar surface area (TPSA) is 53.3 Å². The van der Waals surface area contributed by atoms with Crippen LogP contribution in [-0.2, 0) is 4.79 Å². The van der Waals surface area contributed by atoms with Gasteiger partial charge in [0.1, 0.15) is 11.8 Å². The Hall–Kier alpha value is -2.02. The standard InChI is InChI=1S/C12H12N2O2/c13-6-8-16-11-4-1-3-10(9-11)14-7-2-5-12(14)15/h1,3-4,9H,2,5,7-8H2. The number of rotatable bonds is 3. The van der Waals surface area contributed by atoms with Crippen molar-refractivity contribution < 1.29 is 9.53 Å². The van der Waals surface area contributed by atoms with E-state index in [1.54, 1.807) is 17.0 Å². The molecule has 1 aliphatic rings. The summed E-state index contributed by atoms with van der Waals surface area (Å²) in [7, 11) is 0. The van der Waals surface area contributed by atoms with Crippen LogP contribution in [0.25, 0.3) is 0 Å². The molecule has 0 radical (unpaired) electrons. The van der Waals surface area contributed by atoms with E-state index in [0.717, 1.165) is 18.7 Å². The molecule has 0 aliphatic carbocycles. The molecule has 82 valence electrons. The van der Waals surface area contributed by atoms with Crippen LogP contribution in [-0.4, -0.2) is 19.1 Å². The lowest BCUT2D eigenvalue weighted by Gasteiger charge is -2.16. The Labute approximate surface area is 94.0 Å². The Kier molecular flexibility index (Phi) is 3.06. The predicted molar refractivity (Wildman–Crippen MR) is 59.1 cm³/mol. The number of hydrogen-bond acceptors (Lipinski definition) is 3. The molecule has 1 aliphatic heterocycles. The van der Waals surface area contributed by atoms with Crippen molar-refractivity contribution in [3.05, 3.63) is 24.3 Å². The first-order valence-electron chi connectivity index (χ1n) is 5.21. The second-order valence-electron chi connectivity index (χ2n) is 3.59. The van der Waals surface area contributed by atoms with Gasteiger partial charge in [-0.3, -0.25) is 4.79 Å². The van der Waals surface area contributed by atoms with Gasteiger partial charge in [-0.05, 0) is 18.6 Å². The van der Waals surface area contributed by atoms with Gasteiger partial charge in [0.15, 0.2) is 6.61 Å². The summed E-state index contributed by atoms with van der Waals surface area (Å²) in [5.74, 6) is 0.774. The van der Waals surface area contributed by atoms with Crippen LogP contribution in [0.5, 0.6) is 5.75 Å². The van der Waals surface area contributed by atoms with E-state index in [1.807, 2.05) is 18.2 Å². The number of benzene rings is 1. The summed E-state index contributed by atoms with van der Waals surface area (Å²) in [6, 6.07) is 9.19. The van der Waals surface area contributed by atoms with Gasteiger partial charge in [-0.1, -0.05) is 6.07 Å². The van der Waals surface area contributed by atoms with Gasteiger partial charge in [0, 0.05) is 24.7 Å². The molecule has 1 aromatic carbocycles. The van der Waals surface area contributed by atoms with Crippen LogP contribution in [0.2, 0.25) is 0 Å². The summed E-state index contributed by atoms with van der Waals surface area (Å²) in [6.07, 6.45) is 1.52. The maximum Gasteiger partial charge on any atom is 0.227 e. The number of amides is 1. The Morgan fingerprint density at radius 1 is 1.50 bits per heavy atom. The van der Waals surface area contributed by atoms with Gasteiger partial charge < -0.3 is 9.64 Å². The minimum atomic E-state index is 0.0252. The van der Waals surface area contributed by atoms with E-state index in [-0.39, 0.29) is 12.5 Å². The number of carbonyl (C=O) groups is 1. The number of nitrogens with zero attached hydrogens (tertiary/aromatic N) is 2. The van der Waals surface area contributed by atoms with Crippen LogP contribution in [0, 0.1) is 11.3 Å². The number of carbonyl (C=O) groups excluding carboxylic acids is 1. The largest absolute Gasteiger partial charge is 0.479 e. The Morgan fingerprint density at radius 2 is 2.38 bits per heavy atom. The highest BCUT2D eigenvalue weighted by Gasteiger charge is 2.21. The maximum atomic E-state index is 11.5. The molecule has 4 nitrogen and oxygen atoms in total. The molecule has 1 amide bonds. The van der Waals surface area contributed by atoms with Crippen LogP contribution in [0.3, 0.4) is 0 Å². The molecule has 1 fully saturated rings. The third kappa shape index (κ3) is 2.14. The monoisotopic (exact) mass is 216 g/mol. The van der Waals surface area contributed by atoms with Gasteiger partial charge in [0.2, 0.25) is 5.91 Å². The Balaban J connectivity index is 2.15. The van der Waals surface area contributed by atoms with Gasteiger partial charge in [-0.15, -0.1) is 0 Å². The molecule has 1 heterocycles. The van der Waals surface area contributed by atoms with Crippen molar-refractivity contribution in [2.24, 2.45) is 0 Å². The normalized spacial score (nSPS) is 14.9. The summed E-state index contributed by atoms with van der Waals surface area (Å²) in [5, 5.41) is 8.41. The van der Waals surface area contributed by atoms with E-state index < -0.39 is 0 Å². The third-order valence-corrected chi connectivity index (χ3v) is 2.51. The molecule has 0 unspecified atom stereocenters. The lowest BCUT2D eigenvalue weighted by Crippen LogP contribution is -2.23. The zero-order valence-electron chi connectivity index (χ0n) is 8.85. The van der Waals surface area contributed by atoms with Gasteiger partial charge in [0.25, 0.3) is 0 Å². The zero-order chi connectivity index (χ0) is 11.4. The molecular weight excluding hydrogens is 204 g/mol. The Morgan fingerprint density at radius 3 is 3.06 bits per heavy atom. The van der Waals surface area contributed by atoms with Crippen LogP contribution < -0.4 is 9.64 Å². The SMILES string of the molecule is N#CCOc1cccc(N2CCCC2=O)c1. The molecule has 1 saturated heterocycles. The van der Waals surface area contributed by atoms with Crippen LogP contribution in [0.1, 0.15) is 12.8 Å². The second-order valence-corrected chi connectivity index (χ2v) is 3.59. The highest BCUT2D eigenvalue weighted by Crippen LogP contribution is 2.25. The highest BCUT2D eigenvalue weighted by atomic mass is 16.5. The van der Waals surface area contributed by atoms with E-state index in [0.29, 0.717) is 12.2 Å². The van der Waals surface area contributed by atoms with Crippen LogP contribution in [0.15, 0.2) is 24.3 Å². The van der Waals surface area contributed by atoms with Gasteiger partial charge in [-0.2, -0.15) is 5.26 Å². The van der Waals surface area contributed by atoms with Crippen molar-refractivity contribution in [3.63, 3.8) is 0 Å². The molecule has 16 heavy (non-hydrogen) atoms. The van der Waals surface area contributed by atoms with Gasteiger partial charge in [0.05, 0.1) is 0 Å². The zero-order valence-corrected chi connectivity index (χ0v) is 8.85.